The Morgan fingerprint density at radius 3 is 2.93 bits per heavy atom. The van der Waals surface area contributed by atoms with Gasteiger partial charge >= 0.3 is 0 Å². The molecular formula is C11H16O2S. The normalized spacial score (nSPS) is 20.7. The van der Waals surface area contributed by atoms with Crippen LogP contribution >= 0.6 is 11.3 Å². The van der Waals surface area contributed by atoms with Crippen molar-refractivity contribution >= 4 is 11.3 Å². The Balaban J connectivity index is 2.03. The van der Waals surface area contributed by atoms with Crippen molar-refractivity contribution in [3.63, 3.8) is 0 Å². The molecule has 0 bridgehead atoms. The summed E-state index contributed by atoms with van der Waals surface area (Å²) in [4.78, 5) is 1.25. The van der Waals surface area contributed by atoms with Crippen LogP contribution in [0.2, 0.25) is 0 Å². The van der Waals surface area contributed by atoms with Crippen LogP contribution in [0.3, 0.4) is 0 Å². The second-order valence-corrected chi connectivity index (χ2v) is 5.10. The van der Waals surface area contributed by atoms with E-state index < -0.39 is 5.60 Å². The largest absolute Gasteiger partial charge is 0.387 e. The summed E-state index contributed by atoms with van der Waals surface area (Å²) in [6.45, 7) is 0.454. The maximum absolute atomic E-state index is 10.4. The number of aliphatic hydroxyl groups is 1. The lowest BCUT2D eigenvalue weighted by molar-refractivity contribution is -0.0469. The van der Waals surface area contributed by atoms with E-state index in [1.807, 2.05) is 6.07 Å². The fourth-order valence-corrected chi connectivity index (χ4v) is 2.72. The third kappa shape index (κ3) is 2.16. The molecule has 0 aliphatic heterocycles. The fraction of sp³-hybridized carbons (Fsp3) is 0.636. The molecule has 0 saturated heterocycles. The van der Waals surface area contributed by atoms with Crippen LogP contribution < -0.4 is 0 Å². The van der Waals surface area contributed by atoms with E-state index >= 15 is 0 Å². The van der Waals surface area contributed by atoms with Crippen molar-refractivity contribution in [2.24, 2.45) is 5.92 Å². The van der Waals surface area contributed by atoms with Crippen molar-refractivity contribution in [2.45, 2.75) is 24.9 Å². The van der Waals surface area contributed by atoms with E-state index in [1.54, 1.807) is 18.4 Å². The summed E-state index contributed by atoms with van der Waals surface area (Å²) in [5.41, 5.74) is -0.625. The number of hydrogen-bond donors (Lipinski definition) is 1. The van der Waals surface area contributed by atoms with Gasteiger partial charge in [-0.3, -0.25) is 0 Å². The van der Waals surface area contributed by atoms with Gasteiger partial charge in [-0.25, -0.2) is 0 Å². The first kappa shape index (κ1) is 10.1. The van der Waals surface area contributed by atoms with Gasteiger partial charge in [-0.05, 0) is 30.2 Å². The zero-order valence-electron chi connectivity index (χ0n) is 8.40. The van der Waals surface area contributed by atoms with Gasteiger partial charge in [0.25, 0.3) is 0 Å². The quantitative estimate of drug-likeness (QED) is 0.809. The van der Waals surface area contributed by atoms with Crippen molar-refractivity contribution < 1.29 is 9.84 Å². The van der Waals surface area contributed by atoms with Gasteiger partial charge < -0.3 is 9.84 Å². The van der Waals surface area contributed by atoms with Crippen LogP contribution in [0.15, 0.2) is 17.5 Å². The molecule has 3 heteroatoms. The van der Waals surface area contributed by atoms with Crippen LogP contribution in [0.4, 0.5) is 0 Å². The van der Waals surface area contributed by atoms with Crippen LogP contribution in [-0.4, -0.2) is 24.4 Å². The Labute approximate surface area is 88.5 Å². The van der Waals surface area contributed by atoms with E-state index in [1.165, 1.54) is 4.88 Å². The van der Waals surface area contributed by atoms with Gasteiger partial charge in [0.05, 0.1) is 12.2 Å². The predicted octanol–water partition coefficient (Wildman–Crippen LogP) is 2.08. The molecule has 2 rings (SSSR count). The molecule has 1 aromatic heterocycles. The van der Waals surface area contributed by atoms with Gasteiger partial charge in [0.2, 0.25) is 0 Å². The molecule has 78 valence electrons. The summed E-state index contributed by atoms with van der Waals surface area (Å²) >= 11 is 1.71. The molecule has 1 fully saturated rings. The highest BCUT2D eigenvalue weighted by Crippen LogP contribution is 2.42. The van der Waals surface area contributed by atoms with Crippen molar-refractivity contribution in [2.75, 3.05) is 13.7 Å². The molecule has 1 heterocycles. The number of methoxy groups -OCH3 is 1. The Morgan fingerprint density at radius 1 is 1.64 bits per heavy atom. The first-order chi connectivity index (χ1) is 6.74. The average molecular weight is 212 g/mol. The van der Waals surface area contributed by atoms with Crippen molar-refractivity contribution in [3.05, 3.63) is 22.4 Å². The zero-order chi connectivity index (χ0) is 10.0. The van der Waals surface area contributed by atoms with E-state index in [4.69, 9.17) is 4.74 Å². The smallest absolute Gasteiger partial charge is 0.0955 e. The summed E-state index contributed by atoms with van der Waals surface area (Å²) in [5, 5.41) is 12.5. The molecule has 1 N–H and O–H groups in total. The molecule has 0 spiro atoms. The lowest BCUT2D eigenvalue weighted by Gasteiger charge is -2.26. The Kier molecular flexibility index (Phi) is 2.91. The van der Waals surface area contributed by atoms with Crippen LogP contribution in [0.25, 0.3) is 0 Å². The summed E-state index contributed by atoms with van der Waals surface area (Å²) < 4.78 is 5.11. The fourth-order valence-electron chi connectivity index (χ4n) is 1.90. The lowest BCUT2D eigenvalue weighted by Crippen LogP contribution is -2.38. The number of rotatable bonds is 5. The number of hydrogen-bond acceptors (Lipinski definition) is 3. The number of thiophene rings is 1. The molecule has 2 nitrogen and oxygen atoms in total. The van der Waals surface area contributed by atoms with Crippen LogP contribution in [0, 0.1) is 5.92 Å². The van der Waals surface area contributed by atoms with Gasteiger partial charge in [0, 0.05) is 18.4 Å². The summed E-state index contributed by atoms with van der Waals surface area (Å²) in [6, 6.07) is 4.10. The molecule has 1 atom stereocenters. The molecule has 1 aromatic rings. The Hall–Kier alpha value is -0.380. The number of ether oxygens (including phenoxy) is 1. The molecule has 1 aliphatic rings. The van der Waals surface area contributed by atoms with E-state index in [0.717, 1.165) is 19.3 Å². The monoisotopic (exact) mass is 212 g/mol. The van der Waals surface area contributed by atoms with Crippen LogP contribution in [-0.2, 0) is 11.2 Å². The minimum atomic E-state index is -0.625. The minimum Gasteiger partial charge on any atom is -0.387 e. The van der Waals surface area contributed by atoms with Gasteiger partial charge in [0.1, 0.15) is 0 Å². The van der Waals surface area contributed by atoms with Crippen molar-refractivity contribution in [3.8, 4) is 0 Å². The standard InChI is InChI=1S/C11H16O2S/c1-13-8-11(12,9-4-5-9)7-10-3-2-6-14-10/h2-3,6,9,12H,4-5,7-8H2,1H3. The highest BCUT2D eigenvalue weighted by atomic mass is 32.1. The van der Waals surface area contributed by atoms with E-state index in [-0.39, 0.29) is 0 Å². The summed E-state index contributed by atoms with van der Waals surface area (Å²) in [5.74, 6) is 0.449. The first-order valence-electron chi connectivity index (χ1n) is 4.98. The van der Waals surface area contributed by atoms with Crippen molar-refractivity contribution in [1.82, 2.24) is 0 Å². The topological polar surface area (TPSA) is 29.5 Å². The zero-order valence-corrected chi connectivity index (χ0v) is 9.22. The molecule has 0 radical (unpaired) electrons. The second kappa shape index (κ2) is 4.01. The Bertz CT molecular complexity index is 279. The second-order valence-electron chi connectivity index (χ2n) is 4.07. The molecular weight excluding hydrogens is 196 g/mol. The third-order valence-electron chi connectivity index (χ3n) is 2.79. The minimum absolute atomic E-state index is 0.449. The first-order valence-corrected chi connectivity index (χ1v) is 5.86. The molecule has 14 heavy (non-hydrogen) atoms. The van der Waals surface area contributed by atoms with Gasteiger partial charge in [-0.15, -0.1) is 11.3 Å². The van der Waals surface area contributed by atoms with Gasteiger partial charge in [0.15, 0.2) is 0 Å². The van der Waals surface area contributed by atoms with Gasteiger partial charge in [-0.2, -0.15) is 0 Å². The third-order valence-corrected chi connectivity index (χ3v) is 3.67. The SMILES string of the molecule is COCC(O)(Cc1cccs1)C1CC1. The van der Waals surface area contributed by atoms with E-state index in [9.17, 15) is 5.11 Å². The predicted molar refractivity (Wildman–Crippen MR) is 57.6 cm³/mol. The Morgan fingerprint density at radius 2 is 2.43 bits per heavy atom. The highest BCUT2D eigenvalue weighted by molar-refractivity contribution is 7.09. The van der Waals surface area contributed by atoms with E-state index in [0.29, 0.717) is 12.5 Å². The summed E-state index contributed by atoms with van der Waals surface area (Å²) in [7, 11) is 1.65. The molecule has 1 saturated carbocycles. The van der Waals surface area contributed by atoms with Crippen molar-refractivity contribution in [1.29, 1.82) is 0 Å². The molecule has 0 amide bonds. The maximum Gasteiger partial charge on any atom is 0.0955 e. The summed E-state index contributed by atoms with van der Waals surface area (Å²) in [6.07, 6.45) is 3.03. The van der Waals surface area contributed by atoms with Crippen LogP contribution in [0.5, 0.6) is 0 Å². The van der Waals surface area contributed by atoms with Crippen LogP contribution in [0.1, 0.15) is 17.7 Å². The molecule has 1 unspecified atom stereocenters. The average Bonchev–Trinajstić information content (AvgIpc) is 2.89. The van der Waals surface area contributed by atoms with Gasteiger partial charge in [-0.1, -0.05) is 6.07 Å². The van der Waals surface area contributed by atoms with E-state index in [2.05, 4.69) is 11.4 Å². The molecule has 0 aromatic carbocycles. The highest BCUT2D eigenvalue weighted by Gasteiger charge is 2.43. The lowest BCUT2D eigenvalue weighted by atomic mass is 9.94. The molecule has 1 aliphatic carbocycles. The maximum atomic E-state index is 10.4.